The zero-order valence-corrected chi connectivity index (χ0v) is 14.1. The van der Waals surface area contributed by atoms with Crippen LogP contribution in [-0.2, 0) is 10.2 Å². The molecule has 0 N–H and O–H groups in total. The molecule has 0 saturated carbocycles. The van der Waals surface area contributed by atoms with Crippen LogP contribution in [0.25, 0.3) is 11.1 Å². The monoisotopic (exact) mass is 313 g/mol. The third-order valence-corrected chi connectivity index (χ3v) is 4.43. The molecule has 3 nitrogen and oxygen atoms in total. The summed E-state index contributed by atoms with van der Waals surface area (Å²) < 4.78 is 11.1. The van der Waals surface area contributed by atoms with E-state index in [0.717, 1.165) is 21.9 Å². The molecule has 0 amide bonds. The molecule has 0 bridgehead atoms. The van der Waals surface area contributed by atoms with Crippen LogP contribution in [-0.4, -0.2) is 24.0 Å². The minimum Gasteiger partial charge on any atom is -0.439 e. The number of methoxy groups -OCH3 is 1. The number of halogens is 1. The van der Waals surface area contributed by atoms with E-state index < -0.39 is 0 Å². The molecule has 20 heavy (non-hydrogen) atoms. The van der Waals surface area contributed by atoms with Gasteiger partial charge in [-0.1, -0.05) is 39.3 Å². The predicted octanol–water partition coefficient (Wildman–Crippen LogP) is 4.91. The van der Waals surface area contributed by atoms with Gasteiger partial charge in [0.1, 0.15) is 5.52 Å². The SMILES string of the molecule is COCC(C)Sc1c(Cl)ccc2nc(C(C)(C)C)oc12. The van der Waals surface area contributed by atoms with Gasteiger partial charge in [-0.05, 0) is 12.1 Å². The number of rotatable bonds is 4. The molecule has 0 spiro atoms. The van der Waals surface area contributed by atoms with Crippen molar-refractivity contribution >= 4 is 34.5 Å². The van der Waals surface area contributed by atoms with Crippen molar-refractivity contribution in [2.75, 3.05) is 13.7 Å². The predicted molar refractivity (Wildman–Crippen MR) is 84.9 cm³/mol. The summed E-state index contributed by atoms with van der Waals surface area (Å²) in [7, 11) is 1.70. The molecule has 0 saturated heterocycles. The maximum atomic E-state index is 6.32. The van der Waals surface area contributed by atoms with Gasteiger partial charge >= 0.3 is 0 Å². The third-order valence-electron chi connectivity index (χ3n) is 2.83. The Labute approximate surface area is 129 Å². The molecular weight excluding hydrogens is 294 g/mol. The highest BCUT2D eigenvalue weighted by molar-refractivity contribution is 8.00. The van der Waals surface area contributed by atoms with Gasteiger partial charge in [-0.3, -0.25) is 0 Å². The summed E-state index contributed by atoms with van der Waals surface area (Å²) in [4.78, 5) is 5.51. The van der Waals surface area contributed by atoms with Gasteiger partial charge in [0, 0.05) is 17.8 Å². The number of nitrogens with zero attached hydrogens (tertiary/aromatic N) is 1. The molecule has 1 aromatic carbocycles. The molecule has 0 fully saturated rings. The summed E-state index contributed by atoms with van der Waals surface area (Å²) in [6, 6.07) is 3.78. The Bertz CT molecular complexity index is 604. The minimum atomic E-state index is -0.119. The van der Waals surface area contributed by atoms with E-state index in [4.69, 9.17) is 20.8 Å². The molecule has 1 atom stereocenters. The van der Waals surface area contributed by atoms with E-state index in [1.54, 1.807) is 18.9 Å². The van der Waals surface area contributed by atoms with Gasteiger partial charge in [-0.2, -0.15) is 0 Å². The van der Waals surface area contributed by atoms with Crippen molar-refractivity contribution in [2.45, 2.75) is 43.3 Å². The fraction of sp³-hybridized carbons (Fsp3) is 0.533. The highest BCUT2D eigenvalue weighted by atomic mass is 35.5. The van der Waals surface area contributed by atoms with Gasteiger partial charge in [0.25, 0.3) is 0 Å². The molecule has 1 heterocycles. The quantitative estimate of drug-likeness (QED) is 0.752. The summed E-state index contributed by atoms with van der Waals surface area (Å²) in [5, 5.41) is 0.994. The lowest BCUT2D eigenvalue weighted by atomic mass is 9.97. The fourth-order valence-corrected chi connectivity index (χ4v) is 3.17. The second-order valence-electron chi connectivity index (χ2n) is 5.88. The fourth-order valence-electron chi connectivity index (χ4n) is 1.84. The highest BCUT2D eigenvalue weighted by Crippen LogP contribution is 2.38. The first kappa shape index (κ1) is 15.7. The molecular formula is C15H20ClNO2S. The van der Waals surface area contributed by atoms with Gasteiger partial charge in [-0.25, -0.2) is 4.98 Å². The lowest BCUT2D eigenvalue weighted by molar-refractivity contribution is 0.203. The van der Waals surface area contributed by atoms with Crippen LogP contribution in [0.15, 0.2) is 21.4 Å². The Kier molecular flexibility index (Phi) is 4.67. The van der Waals surface area contributed by atoms with Crippen molar-refractivity contribution in [1.82, 2.24) is 4.98 Å². The van der Waals surface area contributed by atoms with E-state index in [1.807, 2.05) is 12.1 Å². The number of ether oxygens (including phenoxy) is 1. The average molecular weight is 314 g/mol. The van der Waals surface area contributed by atoms with Crippen LogP contribution < -0.4 is 0 Å². The minimum absolute atomic E-state index is 0.119. The van der Waals surface area contributed by atoms with E-state index in [1.165, 1.54) is 0 Å². The van der Waals surface area contributed by atoms with Crippen LogP contribution in [0.1, 0.15) is 33.6 Å². The Morgan fingerprint density at radius 1 is 1.40 bits per heavy atom. The summed E-state index contributed by atoms with van der Waals surface area (Å²) in [5.74, 6) is 0.732. The second kappa shape index (κ2) is 5.96. The normalized spacial score (nSPS) is 13.9. The van der Waals surface area contributed by atoms with Gasteiger partial charge in [0.2, 0.25) is 5.89 Å². The van der Waals surface area contributed by atoms with Crippen molar-refractivity contribution in [3.05, 3.63) is 23.0 Å². The smallest absolute Gasteiger partial charge is 0.200 e. The standard InChI is InChI=1S/C15H20ClNO2S/c1-9(8-18-5)20-13-10(16)6-7-11-12(13)19-14(17-11)15(2,3)4/h6-7,9H,8H2,1-5H3. The van der Waals surface area contributed by atoms with Gasteiger partial charge in [-0.15, -0.1) is 11.8 Å². The average Bonchev–Trinajstić information content (AvgIpc) is 2.77. The molecule has 0 aliphatic rings. The van der Waals surface area contributed by atoms with Crippen LogP contribution in [0.4, 0.5) is 0 Å². The Morgan fingerprint density at radius 3 is 2.70 bits per heavy atom. The van der Waals surface area contributed by atoms with Crippen molar-refractivity contribution in [1.29, 1.82) is 0 Å². The molecule has 5 heteroatoms. The van der Waals surface area contributed by atoms with Crippen LogP contribution in [0.5, 0.6) is 0 Å². The first-order chi connectivity index (χ1) is 9.32. The number of hydrogen-bond donors (Lipinski definition) is 0. The number of thioether (sulfide) groups is 1. The van der Waals surface area contributed by atoms with E-state index in [-0.39, 0.29) is 5.41 Å². The van der Waals surface area contributed by atoms with Crippen LogP contribution in [0.3, 0.4) is 0 Å². The summed E-state index contributed by atoms with van der Waals surface area (Å²) in [5.41, 5.74) is 1.51. The van der Waals surface area contributed by atoms with E-state index in [9.17, 15) is 0 Å². The number of benzene rings is 1. The van der Waals surface area contributed by atoms with Crippen molar-refractivity contribution < 1.29 is 9.15 Å². The van der Waals surface area contributed by atoms with Gasteiger partial charge in [0.15, 0.2) is 5.58 Å². The molecule has 110 valence electrons. The van der Waals surface area contributed by atoms with Crippen LogP contribution >= 0.6 is 23.4 Å². The van der Waals surface area contributed by atoms with Gasteiger partial charge in [0.05, 0.1) is 16.5 Å². The molecule has 1 unspecified atom stereocenters. The largest absolute Gasteiger partial charge is 0.439 e. The molecule has 0 aliphatic heterocycles. The van der Waals surface area contributed by atoms with Crippen molar-refractivity contribution in [3.63, 3.8) is 0 Å². The Hall–Kier alpha value is -0.710. The molecule has 2 aromatic rings. The maximum absolute atomic E-state index is 6.32. The zero-order chi connectivity index (χ0) is 14.9. The Balaban J connectivity index is 2.47. The number of hydrogen-bond acceptors (Lipinski definition) is 4. The summed E-state index contributed by atoms with van der Waals surface area (Å²) >= 11 is 7.98. The van der Waals surface area contributed by atoms with Gasteiger partial charge < -0.3 is 9.15 Å². The number of aromatic nitrogens is 1. The van der Waals surface area contributed by atoms with Crippen molar-refractivity contribution in [2.24, 2.45) is 0 Å². The highest BCUT2D eigenvalue weighted by Gasteiger charge is 2.23. The van der Waals surface area contributed by atoms with Crippen molar-refractivity contribution in [3.8, 4) is 0 Å². The van der Waals surface area contributed by atoms with E-state index in [0.29, 0.717) is 16.9 Å². The Morgan fingerprint density at radius 2 is 2.10 bits per heavy atom. The number of fused-ring (bicyclic) bond motifs is 1. The van der Waals surface area contributed by atoms with E-state index in [2.05, 4.69) is 32.7 Å². The lowest BCUT2D eigenvalue weighted by Crippen LogP contribution is -2.10. The summed E-state index contributed by atoms with van der Waals surface area (Å²) in [6.45, 7) is 9.01. The molecule has 1 aromatic heterocycles. The maximum Gasteiger partial charge on any atom is 0.200 e. The molecule has 0 aliphatic carbocycles. The van der Waals surface area contributed by atoms with Crippen LogP contribution in [0, 0.1) is 0 Å². The van der Waals surface area contributed by atoms with E-state index >= 15 is 0 Å². The molecule has 2 rings (SSSR count). The topological polar surface area (TPSA) is 35.3 Å². The lowest BCUT2D eigenvalue weighted by Gasteiger charge is -2.12. The third kappa shape index (κ3) is 3.30. The zero-order valence-electron chi connectivity index (χ0n) is 12.5. The second-order valence-corrected chi connectivity index (χ2v) is 7.73. The molecule has 0 radical (unpaired) electrons. The first-order valence-corrected chi connectivity index (χ1v) is 7.84. The number of oxazole rings is 1. The van der Waals surface area contributed by atoms with Crippen LogP contribution in [0.2, 0.25) is 5.02 Å². The first-order valence-electron chi connectivity index (χ1n) is 6.58. The summed E-state index contributed by atoms with van der Waals surface area (Å²) in [6.07, 6.45) is 0.